The molecule has 2 saturated heterocycles. The fraction of sp³-hybridized carbons (Fsp3) is 0.676. The maximum atomic E-state index is 6.81. The van der Waals surface area contributed by atoms with Gasteiger partial charge < -0.3 is 0 Å². The molecule has 2 aromatic carbocycles. The van der Waals surface area contributed by atoms with Gasteiger partial charge in [-0.3, -0.25) is 0 Å². The van der Waals surface area contributed by atoms with Gasteiger partial charge in [-0.15, -0.1) is 0 Å². The predicted octanol–water partition coefficient (Wildman–Crippen LogP) is 7.73. The molecule has 2 aliphatic rings. The molecule has 3 unspecified atom stereocenters. The molecule has 0 aromatic heterocycles. The molecular formula is C37H58IO6P2-. The Kier molecular flexibility index (Phi) is 12.0. The molecule has 0 saturated carbocycles. The van der Waals surface area contributed by atoms with Crippen molar-refractivity contribution in [3.05, 3.63) is 58.7 Å². The second kappa shape index (κ2) is 14.4. The van der Waals surface area contributed by atoms with Crippen molar-refractivity contribution in [3.63, 3.8) is 0 Å². The zero-order valence-corrected chi connectivity index (χ0v) is 34.6. The number of benzene rings is 2. The van der Waals surface area contributed by atoms with Crippen LogP contribution in [0.3, 0.4) is 0 Å². The molecule has 2 aromatic rings. The van der Waals surface area contributed by atoms with Crippen LogP contribution < -0.4 is 30.3 Å². The normalized spacial score (nSPS) is 25.5. The van der Waals surface area contributed by atoms with Crippen LogP contribution in [0.1, 0.15) is 119 Å². The molecular weight excluding hydrogens is 729 g/mol. The van der Waals surface area contributed by atoms with Crippen molar-refractivity contribution in [1.82, 2.24) is 0 Å². The maximum absolute atomic E-state index is 6.81. The number of alkyl halides is 2. The molecule has 0 amide bonds. The second-order valence-corrected chi connectivity index (χ2v) is 22.0. The number of rotatable bonds is 7. The Morgan fingerprint density at radius 1 is 0.696 bits per heavy atom. The van der Waals surface area contributed by atoms with E-state index in [0.717, 1.165) is 23.5 Å². The van der Waals surface area contributed by atoms with E-state index in [1.165, 1.54) is 16.7 Å². The summed E-state index contributed by atoms with van der Waals surface area (Å²) in [5.41, 5.74) is 4.41. The van der Waals surface area contributed by atoms with E-state index in [1.807, 2.05) is 0 Å². The Hall–Kier alpha value is -0.530. The van der Waals surface area contributed by atoms with Crippen LogP contribution in [0.25, 0.3) is 0 Å². The van der Waals surface area contributed by atoms with Crippen molar-refractivity contribution in [2.24, 2.45) is 5.41 Å². The molecule has 0 N–H and O–H groups in total. The molecule has 6 nitrogen and oxygen atoms in total. The molecule has 2 heterocycles. The Morgan fingerprint density at radius 2 is 1.11 bits per heavy atom. The van der Waals surface area contributed by atoms with Crippen LogP contribution in [0.4, 0.5) is 0 Å². The topological polar surface area (TPSA) is 55.4 Å². The first-order chi connectivity index (χ1) is 21.2. The van der Waals surface area contributed by atoms with E-state index in [0.29, 0.717) is 23.7 Å². The summed E-state index contributed by atoms with van der Waals surface area (Å²) in [4.78, 5) is 2.33. The summed E-state index contributed by atoms with van der Waals surface area (Å²) < 4.78 is 39.5. The fourth-order valence-corrected chi connectivity index (χ4v) is 11.0. The van der Waals surface area contributed by atoms with Gasteiger partial charge in [0.05, 0.1) is 0 Å². The third-order valence-electron chi connectivity index (χ3n) is 8.83. The third-order valence-corrected chi connectivity index (χ3v) is 14.1. The van der Waals surface area contributed by atoms with Crippen LogP contribution >= 0.6 is 17.2 Å². The number of hydrogen-bond acceptors (Lipinski definition) is 6. The molecule has 2 fully saturated rings. The monoisotopic (exact) mass is 787 g/mol. The Morgan fingerprint density at radius 3 is 1.48 bits per heavy atom. The van der Waals surface area contributed by atoms with Crippen LogP contribution in [-0.4, -0.2) is 34.8 Å². The molecule has 0 aliphatic carbocycles. The van der Waals surface area contributed by atoms with Crippen LogP contribution in [0.15, 0.2) is 36.4 Å². The Bertz CT molecular complexity index is 1320. The zero-order chi connectivity index (χ0) is 34.3. The van der Waals surface area contributed by atoms with Gasteiger partial charge in [0.1, 0.15) is 0 Å². The summed E-state index contributed by atoms with van der Waals surface area (Å²) in [6.07, 6.45) is 0.961. The SMILES string of the molecule is CCC([I-]C)C1OP(Oc2ccc(C(C)(C)C)cc2C(C)(C)C)OCC12COP(Oc1ccc(C(C)(C)C)cc1C(C)(C)C)OC2. The first-order valence-electron chi connectivity index (χ1n) is 16.5. The second-order valence-electron chi connectivity index (χ2n) is 16.9. The average molecular weight is 788 g/mol. The standard InChI is InChI=1S/C37H58IO6P2/c1-15-29(38-14)32-37(24-41-46(44-32)43-31-19-17-26(34(5,6)7)21-28(31)36(11,12)13)22-39-45(40-23-37)42-30-18-16-25(33(2,3)4)20-27(30)35(8,9)10/h16-21,29,32H,15,22-24H2,1-14H3/q-1. The molecule has 46 heavy (non-hydrogen) atoms. The van der Waals surface area contributed by atoms with E-state index in [2.05, 4.69) is 131 Å². The van der Waals surface area contributed by atoms with E-state index in [1.54, 1.807) is 0 Å². The van der Waals surface area contributed by atoms with E-state index < -0.39 is 22.6 Å². The summed E-state index contributed by atoms with van der Waals surface area (Å²) in [7, 11) is -3.14. The van der Waals surface area contributed by atoms with Gasteiger partial charge in [0, 0.05) is 0 Å². The van der Waals surface area contributed by atoms with Crippen LogP contribution in [0, 0.1) is 5.41 Å². The van der Waals surface area contributed by atoms with Gasteiger partial charge in [0.25, 0.3) is 0 Å². The molecule has 2 aliphatic heterocycles. The summed E-state index contributed by atoms with van der Waals surface area (Å²) in [6.45, 7) is 30.4. The molecule has 0 radical (unpaired) electrons. The van der Waals surface area contributed by atoms with Gasteiger partial charge in [-0.25, -0.2) is 0 Å². The van der Waals surface area contributed by atoms with Gasteiger partial charge in [-0.1, -0.05) is 20.8 Å². The Balaban J connectivity index is 1.52. The molecule has 260 valence electrons. The van der Waals surface area contributed by atoms with Crippen molar-refractivity contribution >= 4 is 17.2 Å². The van der Waals surface area contributed by atoms with Gasteiger partial charge in [-0.05, 0) is 0 Å². The summed E-state index contributed by atoms with van der Waals surface area (Å²) in [5.74, 6) is 1.66. The molecule has 3 atom stereocenters. The van der Waals surface area contributed by atoms with Crippen molar-refractivity contribution in [2.75, 3.05) is 24.8 Å². The molecule has 0 bridgehead atoms. The summed E-state index contributed by atoms with van der Waals surface area (Å²) in [6, 6.07) is 13.1. The Labute approximate surface area is 292 Å². The van der Waals surface area contributed by atoms with E-state index in [-0.39, 0.29) is 49.0 Å². The van der Waals surface area contributed by atoms with E-state index in [9.17, 15) is 0 Å². The minimum absolute atomic E-state index is 0.0482. The quantitative estimate of drug-likeness (QED) is 0.163. The first-order valence-corrected chi connectivity index (χ1v) is 22.1. The number of hydrogen-bond donors (Lipinski definition) is 0. The third kappa shape index (κ3) is 8.97. The zero-order valence-electron chi connectivity index (χ0n) is 30.7. The van der Waals surface area contributed by atoms with Crippen LogP contribution in [0.5, 0.6) is 11.5 Å². The average Bonchev–Trinajstić information content (AvgIpc) is 2.94. The van der Waals surface area contributed by atoms with Crippen molar-refractivity contribution in [3.8, 4) is 11.5 Å². The first kappa shape index (κ1) is 38.3. The molecule has 1 spiro atoms. The molecule has 4 rings (SSSR count). The van der Waals surface area contributed by atoms with Crippen molar-refractivity contribution in [1.29, 1.82) is 0 Å². The summed E-state index contributed by atoms with van der Waals surface area (Å²) >= 11 is -0.105. The van der Waals surface area contributed by atoms with Gasteiger partial charge in [-0.2, -0.15) is 0 Å². The van der Waals surface area contributed by atoms with Crippen molar-refractivity contribution < 1.29 is 48.3 Å². The van der Waals surface area contributed by atoms with E-state index in [4.69, 9.17) is 27.1 Å². The summed E-state index contributed by atoms with van der Waals surface area (Å²) in [5, 5.41) is 0. The van der Waals surface area contributed by atoms with Crippen molar-refractivity contribution in [2.45, 2.75) is 128 Å². The predicted molar refractivity (Wildman–Crippen MR) is 188 cm³/mol. The van der Waals surface area contributed by atoms with Crippen LogP contribution in [0.2, 0.25) is 0 Å². The fourth-order valence-electron chi connectivity index (χ4n) is 5.71. The van der Waals surface area contributed by atoms with Gasteiger partial charge in [0.2, 0.25) is 0 Å². The van der Waals surface area contributed by atoms with E-state index >= 15 is 0 Å². The number of halogens is 1. The van der Waals surface area contributed by atoms with Gasteiger partial charge in [0.15, 0.2) is 0 Å². The minimum atomic E-state index is -1.58. The van der Waals surface area contributed by atoms with Crippen LogP contribution in [-0.2, 0) is 39.8 Å². The van der Waals surface area contributed by atoms with Gasteiger partial charge >= 0.3 is 273 Å². The molecule has 9 heteroatoms.